The van der Waals surface area contributed by atoms with Crippen LogP contribution in [0.5, 0.6) is 0 Å². The van der Waals surface area contributed by atoms with Crippen LogP contribution in [0.3, 0.4) is 0 Å². The number of nitrogens with zero attached hydrogens (tertiary/aromatic N) is 3. The smallest absolute Gasteiger partial charge is 0.154 e. The van der Waals surface area contributed by atoms with Gasteiger partial charge in [0.15, 0.2) is 5.82 Å². The molecule has 3 aromatic rings. The first kappa shape index (κ1) is 16.3. The zero-order valence-corrected chi connectivity index (χ0v) is 14.2. The van der Waals surface area contributed by atoms with E-state index in [-0.39, 0.29) is 0 Å². The number of nitrogens with one attached hydrogen (secondary N) is 1. The summed E-state index contributed by atoms with van der Waals surface area (Å²) in [5.41, 5.74) is 1.86. The van der Waals surface area contributed by atoms with Gasteiger partial charge in [0, 0.05) is 47.1 Å². The van der Waals surface area contributed by atoms with Crippen molar-refractivity contribution in [1.82, 2.24) is 15.0 Å². The second-order valence-electron chi connectivity index (χ2n) is 5.27. The maximum atomic E-state index is 11.2. The number of fused-ring (bicyclic) bond motifs is 1. The number of benzene rings is 1. The van der Waals surface area contributed by atoms with Crippen LogP contribution in [0.1, 0.15) is 11.4 Å². The molecule has 24 heavy (non-hydrogen) atoms. The lowest BCUT2D eigenvalue weighted by Crippen LogP contribution is -2.11. The highest BCUT2D eigenvalue weighted by atomic mass is 32.2. The predicted octanol–water partition coefficient (Wildman–Crippen LogP) is 2.99. The Hall–Kier alpha value is -2.60. The lowest BCUT2D eigenvalue weighted by molar-refractivity contribution is 0.687. The first-order valence-corrected chi connectivity index (χ1v) is 9.34. The Bertz CT molecular complexity index is 881. The number of para-hydroxylation sites is 1. The van der Waals surface area contributed by atoms with E-state index in [1.807, 2.05) is 48.6 Å². The highest BCUT2D eigenvalue weighted by molar-refractivity contribution is 7.84. The number of anilines is 1. The average molecular weight is 338 g/mol. The molecule has 1 atom stereocenters. The van der Waals surface area contributed by atoms with Crippen molar-refractivity contribution in [1.29, 1.82) is 0 Å². The molecule has 1 aromatic carbocycles. The van der Waals surface area contributed by atoms with Crippen LogP contribution in [0, 0.1) is 0 Å². The van der Waals surface area contributed by atoms with E-state index in [4.69, 9.17) is 0 Å². The van der Waals surface area contributed by atoms with E-state index in [0.717, 1.165) is 22.3 Å². The monoisotopic (exact) mass is 338 g/mol. The van der Waals surface area contributed by atoms with Gasteiger partial charge >= 0.3 is 0 Å². The molecule has 0 aliphatic rings. The van der Waals surface area contributed by atoms with Crippen LogP contribution in [0.2, 0.25) is 0 Å². The summed E-state index contributed by atoms with van der Waals surface area (Å²) in [4.78, 5) is 13.2. The van der Waals surface area contributed by atoms with E-state index in [0.29, 0.717) is 18.1 Å². The third kappa shape index (κ3) is 4.23. The van der Waals surface area contributed by atoms with Crippen LogP contribution in [-0.2, 0) is 10.8 Å². The summed E-state index contributed by atoms with van der Waals surface area (Å²) in [6, 6.07) is 11.7. The molecule has 0 spiro atoms. The highest BCUT2D eigenvalue weighted by Gasteiger charge is 2.06. The van der Waals surface area contributed by atoms with Crippen LogP contribution in [0.25, 0.3) is 23.1 Å². The van der Waals surface area contributed by atoms with E-state index >= 15 is 0 Å². The van der Waals surface area contributed by atoms with Crippen molar-refractivity contribution < 1.29 is 4.21 Å². The summed E-state index contributed by atoms with van der Waals surface area (Å²) in [6.07, 6.45) is 9.02. The Balaban J connectivity index is 1.91. The zero-order chi connectivity index (χ0) is 16.8. The third-order valence-electron chi connectivity index (χ3n) is 3.41. The van der Waals surface area contributed by atoms with Gasteiger partial charge in [0.25, 0.3) is 0 Å². The predicted molar refractivity (Wildman–Crippen MR) is 100 cm³/mol. The maximum absolute atomic E-state index is 11.2. The topological polar surface area (TPSA) is 67.8 Å². The Labute approximate surface area is 143 Å². The molecule has 2 heterocycles. The summed E-state index contributed by atoms with van der Waals surface area (Å²) >= 11 is 0. The number of aromatic nitrogens is 3. The van der Waals surface area contributed by atoms with Crippen LogP contribution in [-0.4, -0.2) is 37.7 Å². The van der Waals surface area contributed by atoms with Gasteiger partial charge < -0.3 is 5.32 Å². The lowest BCUT2D eigenvalue weighted by Gasteiger charge is -2.09. The molecule has 0 bridgehead atoms. The third-order valence-corrected chi connectivity index (χ3v) is 4.19. The van der Waals surface area contributed by atoms with E-state index in [1.54, 1.807) is 18.6 Å². The molecular formula is C18H18N4OS. The quantitative estimate of drug-likeness (QED) is 0.748. The Kier molecular flexibility index (Phi) is 5.28. The fourth-order valence-corrected chi connectivity index (χ4v) is 2.65. The van der Waals surface area contributed by atoms with Crippen molar-refractivity contribution >= 4 is 39.7 Å². The molecule has 0 saturated heterocycles. The van der Waals surface area contributed by atoms with Gasteiger partial charge in [-0.15, -0.1) is 0 Å². The minimum Gasteiger partial charge on any atom is -0.369 e. The summed E-state index contributed by atoms with van der Waals surface area (Å²) in [7, 11) is -0.833. The van der Waals surface area contributed by atoms with E-state index in [9.17, 15) is 4.21 Å². The Morgan fingerprint density at radius 3 is 2.79 bits per heavy atom. The van der Waals surface area contributed by atoms with Crippen LogP contribution in [0.15, 0.2) is 48.8 Å². The van der Waals surface area contributed by atoms with Crippen molar-refractivity contribution in [2.75, 3.05) is 23.9 Å². The van der Waals surface area contributed by atoms with Crippen LogP contribution >= 0.6 is 0 Å². The maximum Gasteiger partial charge on any atom is 0.154 e. The van der Waals surface area contributed by atoms with Gasteiger partial charge in [0.2, 0.25) is 0 Å². The largest absolute Gasteiger partial charge is 0.369 e. The summed E-state index contributed by atoms with van der Waals surface area (Å²) in [5, 5.41) is 4.22. The molecule has 0 fully saturated rings. The zero-order valence-electron chi connectivity index (χ0n) is 13.3. The minimum absolute atomic E-state index is 0.583. The normalized spacial score (nSPS) is 12.5. The molecule has 1 unspecified atom stereocenters. The van der Waals surface area contributed by atoms with Crippen LogP contribution in [0.4, 0.5) is 5.82 Å². The molecule has 2 aromatic heterocycles. The molecule has 0 aliphatic heterocycles. The molecule has 1 N–H and O–H groups in total. The molecule has 0 radical (unpaired) electrons. The fourth-order valence-electron chi connectivity index (χ4n) is 2.26. The van der Waals surface area contributed by atoms with Crippen molar-refractivity contribution in [3.63, 3.8) is 0 Å². The molecule has 5 nitrogen and oxygen atoms in total. The van der Waals surface area contributed by atoms with Gasteiger partial charge in [-0.3, -0.25) is 9.19 Å². The highest BCUT2D eigenvalue weighted by Crippen LogP contribution is 2.20. The van der Waals surface area contributed by atoms with Crippen molar-refractivity contribution in [2.24, 2.45) is 0 Å². The molecule has 0 amide bonds. The summed E-state index contributed by atoms with van der Waals surface area (Å²) < 4.78 is 11.2. The molecule has 6 heteroatoms. The van der Waals surface area contributed by atoms with Gasteiger partial charge in [-0.25, -0.2) is 9.97 Å². The molecule has 0 aliphatic carbocycles. The number of hydrogen-bond acceptors (Lipinski definition) is 5. The minimum atomic E-state index is -0.833. The van der Waals surface area contributed by atoms with Gasteiger partial charge in [0.1, 0.15) is 5.82 Å². The number of pyridine rings is 1. The first-order chi connectivity index (χ1) is 11.7. The first-order valence-electron chi connectivity index (χ1n) is 7.61. The summed E-state index contributed by atoms with van der Waals surface area (Å²) in [5.74, 6) is 1.97. The number of hydrogen-bond donors (Lipinski definition) is 1. The molecular weight excluding hydrogens is 320 g/mol. The lowest BCUT2D eigenvalue weighted by atomic mass is 10.2. The van der Waals surface area contributed by atoms with Gasteiger partial charge in [-0.2, -0.15) is 0 Å². The fraction of sp³-hybridized carbons (Fsp3) is 0.167. The second kappa shape index (κ2) is 7.79. The Morgan fingerprint density at radius 1 is 1.12 bits per heavy atom. The van der Waals surface area contributed by atoms with E-state index in [2.05, 4.69) is 20.3 Å². The van der Waals surface area contributed by atoms with E-state index in [1.165, 1.54) is 0 Å². The summed E-state index contributed by atoms with van der Waals surface area (Å²) in [6.45, 7) is 0.607. The SMILES string of the molecule is CS(=O)CCNc1nc(/C=C/c2cccnc2)nc2ccccc12. The van der Waals surface area contributed by atoms with Crippen molar-refractivity contribution in [3.05, 3.63) is 60.2 Å². The van der Waals surface area contributed by atoms with Crippen molar-refractivity contribution in [2.45, 2.75) is 0 Å². The Morgan fingerprint density at radius 2 is 2.00 bits per heavy atom. The molecule has 122 valence electrons. The average Bonchev–Trinajstić information content (AvgIpc) is 2.60. The van der Waals surface area contributed by atoms with E-state index < -0.39 is 10.8 Å². The van der Waals surface area contributed by atoms with Gasteiger partial charge in [0.05, 0.1) is 5.52 Å². The van der Waals surface area contributed by atoms with Gasteiger partial charge in [-0.1, -0.05) is 18.2 Å². The molecule has 0 saturated carbocycles. The second-order valence-corrected chi connectivity index (χ2v) is 6.83. The van der Waals surface area contributed by atoms with Crippen LogP contribution < -0.4 is 5.32 Å². The number of rotatable bonds is 6. The standard InChI is InChI=1S/C18H18N4OS/c1-24(23)12-11-20-18-15-6-2-3-7-16(15)21-17(22-18)9-8-14-5-4-10-19-13-14/h2-10,13H,11-12H2,1H3,(H,20,21,22)/b9-8+. The van der Waals surface area contributed by atoms with Crippen molar-refractivity contribution in [3.8, 4) is 0 Å². The van der Waals surface area contributed by atoms with Gasteiger partial charge in [-0.05, 0) is 35.9 Å². The molecule has 3 rings (SSSR count).